The molecule has 2 rings (SSSR count). The van der Waals surface area contributed by atoms with E-state index in [4.69, 9.17) is 10.00 Å². The van der Waals surface area contributed by atoms with Gasteiger partial charge in [-0.2, -0.15) is 5.26 Å². The lowest BCUT2D eigenvalue weighted by molar-refractivity contribution is 0.240. The minimum absolute atomic E-state index is 0.125. The van der Waals surface area contributed by atoms with Gasteiger partial charge in [-0.05, 0) is 44.5 Å². The molecule has 0 aliphatic carbocycles. The third kappa shape index (κ3) is 4.18. The Labute approximate surface area is 124 Å². The van der Waals surface area contributed by atoms with E-state index >= 15 is 0 Å². The summed E-state index contributed by atoms with van der Waals surface area (Å²) in [5.41, 5.74) is 2.52. The van der Waals surface area contributed by atoms with Crippen molar-refractivity contribution in [3.05, 3.63) is 47.2 Å². The van der Waals surface area contributed by atoms with E-state index in [1.807, 2.05) is 39.0 Å². The number of benzene rings is 1. The molecule has 0 amide bonds. The summed E-state index contributed by atoms with van der Waals surface area (Å²) in [5.74, 6) is 1.50. The Morgan fingerprint density at radius 2 is 2.05 bits per heavy atom. The van der Waals surface area contributed by atoms with Crippen LogP contribution >= 0.6 is 0 Å². The molecule has 0 fully saturated rings. The molecular formula is C16H18N4O. The molecule has 0 spiro atoms. The first kappa shape index (κ1) is 14.8. The van der Waals surface area contributed by atoms with Gasteiger partial charge in [-0.15, -0.1) is 10.2 Å². The van der Waals surface area contributed by atoms with E-state index in [0.717, 1.165) is 16.9 Å². The van der Waals surface area contributed by atoms with E-state index < -0.39 is 0 Å². The fraction of sp³-hybridized carbons (Fsp3) is 0.312. The number of anilines is 1. The molecule has 0 saturated heterocycles. The molecule has 5 heteroatoms. The monoisotopic (exact) mass is 282 g/mol. The number of nitrogens with one attached hydrogen (secondary N) is 1. The van der Waals surface area contributed by atoms with Crippen molar-refractivity contribution >= 4 is 5.82 Å². The molecule has 0 aliphatic heterocycles. The lowest BCUT2D eigenvalue weighted by Gasteiger charge is -2.15. The van der Waals surface area contributed by atoms with Gasteiger partial charge in [0.2, 0.25) is 0 Å². The first-order valence-electron chi connectivity index (χ1n) is 6.82. The van der Waals surface area contributed by atoms with Crippen LogP contribution in [0.5, 0.6) is 5.75 Å². The first-order chi connectivity index (χ1) is 10.1. The van der Waals surface area contributed by atoms with Crippen LogP contribution in [0.2, 0.25) is 0 Å². The van der Waals surface area contributed by atoms with Crippen LogP contribution in [-0.4, -0.2) is 16.3 Å². The number of ether oxygens (including phenoxy) is 1. The third-order valence-corrected chi connectivity index (χ3v) is 2.82. The highest BCUT2D eigenvalue weighted by molar-refractivity contribution is 5.42. The summed E-state index contributed by atoms with van der Waals surface area (Å²) in [5, 5.41) is 19.6. The summed E-state index contributed by atoms with van der Waals surface area (Å²) in [6, 6.07) is 11.4. The summed E-state index contributed by atoms with van der Waals surface area (Å²) in [6.45, 7) is 6.64. The van der Waals surface area contributed by atoms with Gasteiger partial charge < -0.3 is 10.1 Å². The molecule has 0 unspecified atom stereocenters. The Kier molecular flexibility index (Phi) is 4.72. The number of aryl methyl sites for hydroxylation is 1. The smallest absolute Gasteiger partial charge is 0.163 e. The Balaban J connectivity index is 2.10. The molecule has 1 aromatic heterocycles. The molecular weight excluding hydrogens is 264 g/mol. The van der Waals surface area contributed by atoms with Crippen LogP contribution in [0.4, 0.5) is 5.82 Å². The highest BCUT2D eigenvalue weighted by Crippen LogP contribution is 2.22. The van der Waals surface area contributed by atoms with Crippen molar-refractivity contribution in [2.24, 2.45) is 0 Å². The average Bonchev–Trinajstić information content (AvgIpc) is 2.46. The summed E-state index contributed by atoms with van der Waals surface area (Å²) < 4.78 is 5.83. The molecule has 1 N–H and O–H groups in total. The topological polar surface area (TPSA) is 70.8 Å². The molecule has 0 aliphatic rings. The molecule has 1 heterocycles. The third-order valence-electron chi connectivity index (χ3n) is 2.82. The van der Waals surface area contributed by atoms with Gasteiger partial charge in [-0.1, -0.05) is 12.1 Å². The van der Waals surface area contributed by atoms with Gasteiger partial charge in [0.25, 0.3) is 0 Å². The number of nitrogens with zero attached hydrogens (tertiary/aromatic N) is 3. The standard InChI is InChI=1S/C16H18N4O/c1-11(2)21-15-8-12(3)4-5-13(15)10-18-16-7-6-14(9-17)19-20-16/h4-8,11H,10H2,1-3H3,(H,18,20). The van der Waals surface area contributed by atoms with Crippen molar-refractivity contribution in [1.82, 2.24) is 10.2 Å². The normalized spacial score (nSPS) is 10.2. The minimum atomic E-state index is 0.125. The molecule has 5 nitrogen and oxygen atoms in total. The van der Waals surface area contributed by atoms with Crippen molar-refractivity contribution in [2.45, 2.75) is 33.4 Å². The summed E-state index contributed by atoms with van der Waals surface area (Å²) in [4.78, 5) is 0. The van der Waals surface area contributed by atoms with Crippen LogP contribution in [0, 0.1) is 18.3 Å². The van der Waals surface area contributed by atoms with Crippen LogP contribution in [0.25, 0.3) is 0 Å². The van der Waals surface area contributed by atoms with E-state index in [0.29, 0.717) is 18.1 Å². The zero-order valence-electron chi connectivity index (χ0n) is 12.4. The van der Waals surface area contributed by atoms with E-state index in [2.05, 4.69) is 21.6 Å². The Morgan fingerprint density at radius 3 is 2.67 bits per heavy atom. The molecule has 0 bridgehead atoms. The molecule has 0 radical (unpaired) electrons. The second kappa shape index (κ2) is 6.71. The molecule has 1 aromatic carbocycles. The lowest BCUT2D eigenvalue weighted by atomic mass is 10.1. The minimum Gasteiger partial charge on any atom is -0.491 e. The highest BCUT2D eigenvalue weighted by atomic mass is 16.5. The number of hydrogen-bond donors (Lipinski definition) is 1. The number of nitriles is 1. The van der Waals surface area contributed by atoms with Gasteiger partial charge in [0.1, 0.15) is 17.6 Å². The van der Waals surface area contributed by atoms with Crippen LogP contribution in [0.15, 0.2) is 30.3 Å². The first-order valence-corrected chi connectivity index (χ1v) is 6.82. The molecule has 108 valence electrons. The Morgan fingerprint density at radius 1 is 1.24 bits per heavy atom. The predicted molar refractivity (Wildman–Crippen MR) is 81.0 cm³/mol. The largest absolute Gasteiger partial charge is 0.491 e. The Bertz CT molecular complexity index is 644. The maximum atomic E-state index is 8.69. The van der Waals surface area contributed by atoms with Crippen molar-refractivity contribution in [2.75, 3.05) is 5.32 Å². The maximum Gasteiger partial charge on any atom is 0.163 e. The summed E-state index contributed by atoms with van der Waals surface area (Å²) in [6.07, 6.45) is 0.125. The molecule has 0 saturated carbocycles. The van der Waals surface area contributed by atoms with Gasteiger partial charge >= 0.3 is 0 Å². The van der Waals surface area contributed by atoms with Crippen LogP contribution in [0.3, 0.4) is 0 Å². The quantitative estimate of drug-likeness (QED) is 0.912. The fourth-order valence-electron chi connectivity index (χ4n) is 1.84. The highest BCUT2D eigenvalue weighted by Gasteiger charge is 2.07. The lowest BCUT2D eigenvalue weighted by Crippen LogP contribution is -2.10. The number of rotatable bonds is 5. The fourth-order valence-corrected chi connectivity index (χ4v) is 1.84. The molecule has 2 aromatic rings. The van der Waals surface area contributed by atoms with Gasteiger partial charge in [-0.3, -0.25) is 0 Å². The van der Waals surface area contributed by atoms with E-state index in [-0.39, 0.29) is 6.10 Å². The van der Waals surface area contributed by atoms with Crippen molar-refractivity contribution in [3.63, 3.8) is 0 Å². The van der Waals surface area contributed by atoms with Crippen LogP contribution in [-0.2, 0) is 6.54 Å². The van der Waals surface area contributed by atoms with Crippen molar-refractivity contribution in [3.8, 4) is 11.8 Å². The number of hydrogen-bond acceptors (Lipinski definition) is 5. The Hall–Kier alpha value is -2.61. The number of aromatic nitrogens is 2. The molecule has 21 heavy (non-hydrogen) atoms. The summed E-state index contributed by atoms with van der Waals surface area (Å²) >= 11 is 0. The van der Waals surface area contributed by atoms with E-state index in [1.54, 1.807) is 12.1 Å². The predicted octanol–water partition coefficient (Wildman–Crippen LogP) is 3.06. The second-order valence-electron chi connectivity index (χ2n) is 5.05. The second-order valence-corrected chi connectivity index (χ2v) is 5.05. The SMILES string of the molecule is Cc1ccc(CNc2ccc(C#N)nn2)c(OC(C)C)c1. The van der Waals surface area contributed by atoms with Gasteiger partial charge in [0.15, 0.2) is 5.69 Å². The summed E-state index contributed by atoms with van der Waals surface area (Å²) in [7, 11) is 0. The average molecular weight is 282 g/mol. The van der Waals surface area contributed by atoms with Gasteiger partial charge in [0, 0.05) is 12.1 Å². The maximum absolute atomic E-state index is 8.69. The molecule has 0 atom stereocenters. The van der Waals surface area contributed by atoms with Crippen LogP contribution in [0.1, 0.15) is 30.7 Å². The zero-order valence-corrected chi connectivity index (χ0v) is 12.4. The van der Waals surface area contributed by atoms with Crippen molar-refractivity contribution in [1.29, 1.82) is 5.26 Å². The van der Waals surface area contributed by atoms with Crippen LogP contribution < -0.4 is 10.1 Å². The van der Waals surface area contributed by atoms with Crippen molar-refractivity contribution < 1.29 is 4.74 Å². The van der Waals surface area contributed by atoms with Gasteiger partial charge in [0.05, 0.1) is 6.10 Å². The zero-order chi connectivity index (χ0) is 15.2. The van der Waals surface area contributed by atoms with E-state index in [1.165, 1.54) is 0 Å². The van der Waals surface area contributed by atoms with E-state index in [9.17, 15) is 0 Å². The van der Waals surface area contributed by atoms with Gasteiger partial charge in [-0.25, -0.2) is 0 Å².